The number of hydrogen-bond donors (Lipinski definition) is 0. The Labute approximate surface area is 148 Å². The Kier molecular flexibility index (Phi) is 4.42. The minimum absolute atomic E-state index is 0.0180. The van der Waals surface area contributed by atoms with Crippen molar-refractivity contribution in [2.75, 3.05) is 13.1 Å². The molecule has 2 amide bonds. The highest BCUT2D eigenvalue weighted by atomic mass is 16.6. The van der Waals surface area contributed by atoms with E-state index in [1.807, 2.05) is 25.7 Å². The van der Waals surface area contributed by atoms with Gasteiger partial charge in [0.2, 0.25) is 0 Å². The van der Waals surface area contributed by atoms with Crippen molar-refractivity contribution in [3.63, 3.8) is 0 Å². The van der Waals surface area contributed by atoms with Crippen LogP contribution >= 0.6 is 0 Å². The number of carbonyl (C=O) groups excluding carboxylic acids is 2. The van der Waals surface area contributed by atoms with Gasteiger partial charge < -0.3 is 14.5 Å². The lowest BCUT2D eigenvalue weighted by Crippen LogP contribution is -2.50. The number of fused-ring (bicyclic) bond motifs is 1. The van der Waals surface area contributed by atoms with E-state index in [4.69, 9.17) is 10.00 Å². The van der Waals surface area contributed by atoms with Gasteiger partial charge >= 0.3 is 6.09 Å². The molecule has 0 unspecified atom stereocenters. The molecule has 0 spiro atoms. The van der Waals surface area contributed by atoms with E-state index in [9.17, 15) is 9.59 Å². The van der Waals surface area contributed by atoms with Gasteiger partial charge in [0, 0.05) is 25.2 Å². The van der Waals surface area contributed by atoms with E-state index in [-0.39, 0.29) is 18.0 Å². The number of piperidine rings is 1. The molecule has 0 bridgehead atoms. The summed E-state index contributed by atoms with van der Waals surface area (Å²) in [6.45, 7) is 7.18. The largest absolute Gasteiger partial charge is 0.444 e. The molecule has 0 radical (unpaired) electrons. The van der Waals surface area contributed by atoms with Gasteiger partial charge in [-0.2, -0.15) is 5.26 Å². The third-order valence-electron chi connectivity index (χ3n) is 4.56. The molecule has 2 heterocycles. The molecule has 132 valence electrons. The number of carbonyl (C=O) groups is 2. The summed E-state index contributed by atoms with van der Waals surface area (Å²) in [5.41, 5.74) is 1.58. The topological polar surface area (TPSA) is 73.6 Å². The minimum atomic E-state index is -0.530. The Bertz CT molecular complexity index is 745. The Morgan fingerprint density at radius 2 is 2.12 bits per heavy atom. The lowest BCUT2D eigenvalue weighted by Gasteiger charge is -2.38. The van der Waals surface area contributed by atoms with Crippen LogP contribution < -0.4 is 0 Å². The highest BCUT2D eigenvalue weighted by Gasteiger charge is 2.36. The summed E-state index contributed by atoms with van der Waals surface area (Å²) in [6, 6.07) is 7.27. The summed E-state index contributed by atoms with van der Waals surface area (Å²) < 4.78 is 5.45. The van der Waals surface area contributed by atoms with Gasteiger partial charge in [0.1, 0.15) is 5.60 Å². The number of amides is 2. The first-order chi connectivity index (χ1) is 11.8. The van der Waals surface area contributed by atoms with Crippen LogP contribution in [0.25, 0.3) is 0 Å². The van der Waals surface area contributed by atoms with Gasteiger partial charge in [-0.05, 0) is 57.4 Å². The van der Waals surface area contributed by atoms with Crippen LogP contribution in [0, 0.1) is 11.3 Å². The quantitative estimate of drug-likeness (QED) is 0.787. The SMILES string of the molecule is CC(C)(C)OC(=O)N1CCC[C@H](N2Cc3cc(C#N)ccc3C2=O)C1. The smallest absolute Gasteiger partial charge is 0.410 e. The van der Waals surface area contributed by atoms with Gasteiger partial charge in [-0.15, -0.1) is 0 Å². The second-order valence-corrected chi connectivity index (χ2v) is 7.64. The fourth-order valence-electron chi connectivity index (χ4n) is 3.41. The number of nitriles is 1. The predicted molar refractivity (Wildman–Crippen MR) is 91.9 cm³/mol. The lowest BCUT2D eigenvalue weighted by atomic mass is 10.0. The average Bonchev–Trinajstić information content (AvgIpc) is 2.89. The first kappa shape index (κ1) is 17.3. The highest BCUT2D eigenvalue weighted by Crippen LogP contribution is 2.29. The molecular weight excluding hydrogens is 318 g/mol. The number of rotatable bonds is 1. The van der Waals surface area contributed by atoms with E-state index in [0.717, 1.165) is 18.4 Å². The summed E-state index contributed by atoms with van der Waals surface area (Å²) >= 11 is 0. The van der Waals surface area contributed by atoms with Crippen molar-refractivity contribution in [2.45, 2.75) is 51.8 Å². The molecule has 1 saturated heterocycles. The van der Waals surface area contributed by atoms with E-state index >= 15 is 0 Å². The Morgan fingerprint density at radius 3 is 2.80 bits per heavy atom. The van der Waals surface area contributed by atoms with Crippen molar-refractivity contribution in [1.82, 2.24) is 9.80 Å². The maximum Gasteiger partial charge on any atom is 0.410 e. The maximum absolute atomic E-state index is 12.7. The van der Waals surface area contributed by atoms with E-state index in [1.54, 1.807) is 23.1 Å². The summed E-state index contributed by atoms with van der Waals surface area (Å²) in [4.78, 5) is 28.5. The molecule has 0 saturated carbocycles. The molecule has 3 rings (SSSR count). The molecule has 1 fully saturated rings. The molecule has 1 aromatic carbocycles. The van der Waals surface area contributed by atoms with Crippen LogP contribution in [-0.4, -0.2) is 46.5 Å². The van der Waals surface area contributed by atoms with Gasteiger partial charge in [-0.25, -0.2) is 4.79 Å². The molecule has 1 atom stereocenters. The molecule has 25 heavy (non-hydrogen) atoms. The summed E-state index contributed by atoms with van der Waals surface area (Å²) in [7, 11) is 0. The number of hydrogen-bond acceptors (Lipinski definition) is 4. The zero-order valence-corrected chi connectivity index (χ0v) is 14.9. The molecular formula is C19H23N3O3. The van der Waals surface area contributed by atoms with E-state index in [2.05, 4.69) is 6.07 Å². The van der Waals surface area contributed by atoms with Crippen molar-refractivity contribution in [3.05, 3.63) is 34.9 Å². The second-order valence-electron chi connectivity index (χ2n) is 7.64. The van der Waals surface area contributed by atoms with Crippen LogP contribution in [0.1, 0.15) is 55.1 Å². The maximum atomic E-state index is 12.7. The monoisotopic (exact) mass is 341 g/mol. The van der Waals surface area contributed by atoms with E-state index in [1.165, 1.54) is 0 Å². The van der Waals surface area contributed by atoms with Crippen LogP contribution in [0.2, 0.25) is 0 Å². The van der Waals surface area contributed by atoms with Gasteiger partial charge in [-0.3, -0.25) is 4.79 Å². The zero-order valence-electron chi connectivity index (χ0n) is 14.9. The average molecular weight is 341 g/mol. The van der Waals surface area contributed by atoms with E-state index < -0.39 is 5.60 Å². The van der Waals surface area contributed by atoms with Crippen LogP contribution in [-0.2, 0) is 11.3 Å². The summed E-state index contributed by atoms with van der Waals surface area (Å²) in [5.74, 6) is -0.0180. The standard InChI is InChI=1S/C19H23N3O3/c1-19(2,3)25-18(24)21-8-4-5-15(12-21)22-11-14-9-13(10-20)6-7-16(14)17(22)23/h6-7,9,15H,4-5,8,11-12H2,1-3H3/t15-/m0/s1. The van der Waals surface area contributed by atoms with Gasteiger partial charge in [-0.1, -0.05) is 0 Å². The molecule has 0 aliphatic carbocycles. The normalized spacial score (nSPS) is 20.2. The molecule has 2 aliphatic heterocycles. The Balaban J connectivity index is 1.71. The van der Waals surface area contributed by atoms with Crippen LogP contribution in [0.4, 0.5) is 4.79 Å². The van der Waals surface area contributed by atoms with Crippen molar-refractivity contribution in [1.29, 1.82) is 5.26 Å². The van der Waals surface area contributed by atoms with Gasteiger partial charge in [0.25, 0.3) is 5.91 Å². The molecule has 0 aromatic heterocycles. The van der Waals surface area contributed by atoms with Crippen LogP contribution in [0.5, 0.6) is 0 Å². The van der Waals surface area contributed by atoms with Crippen molar-refractivity contribution >= 4 is 12.0 Å². The van der Waals surface area contributed by atoms with Crippen molar-refractivity contribution in [3.8, 4) is 6.07 Å². The molecule has 1 aromatic rings. The number of likely N-dealkylation sites (tertiary alicyclic amines) is 1. The van der Waals surface area contributed by atoms with Crippen molar-refractivity contribution < 1.29 is 14.3 Å². The van der Waals surface area contributed by atoms with Crippen LogP contribution in [0.3, 0.4) is 0 Å². The van der Waals surface area contributed by atoms with E-state index in [0.29, 0.717) is 30.8 Å². The molecule has 6 heteroatoms. The Hall–Kier alpha value is -2.55. The second kappa shape index (κ2) is 6.40. The number of benzene rings is 1. The number of ether oxygens (including phenoxy) is 1. The third kappa shape index (κ3) is 3.60. The van der Waals surface area contributed by atoms with Crippen LogP contribution in [0.15, 0.2) is 18.2 Å². The first-order valence-electron chi connectivity index (χ1n) is 8.60. The lowest BCUT2D eigenvalue weighted by molar-refractivity contribution is 0.0106. The first-order valence-corrected chi connectivity index (χ1v) is 8.60. The predicted octanol–water partition coefficient (Wildman–Crippen LogP) is 2.91. The number of nitrogens with zero attached hydrogens (tertiary/aromatic N) is 3. The molecule has 0 N–H and O–H groups in total. The minimum Gasteiger partial charge on any atom is -0.444 e. The van der Waals surface area contributed by atoms with Crippen molar-refractivity contribution in [2.24, 2.45) is 0 Å². The van der Waals surface area contributed by atoms with Gasteiger partial charge in [0.05, 0.1) is 17.7 Å². The third-order valence-corrected chi connectivity index (χ3v) is 4.56. The molecule has 6 nitrogen and oxygen atoms in total. The highest BCUT2D eigenvalue weighted by molar-refractivity contribution is 5.98. The fraction of sp³-hybridized carbons (Fsp3) is 0.526. The Morgan fingerprint density at radius 1 is 1.36 bits per heavy atom. The van der Waals surface area contributed by atoms with Gasteiger partial charge in [0.15, 0.2) is 0 Å². The zero-order chi connectivity index (χ0) is 18.2. The fourth-order valence-corrected chi connectivity index (χ4v) is 3.41. The summed E-state index contributed by atoms with van der Waals surface area (Å²) in [6.07, 6.45) is 1.38. The summed E-state index contributed by atoms with van der Waals surface area (Å²) in [5, 5.41) is 9.03. The molecule has 2 aliphatic rings.